The lowest BCUT2D eigenvalue weighted by Crippen LogP contribution is -2.48. The van der Waals surface area contributed by atoms with Crippen molar-refractivity contribution < 1.29 is 12.8 Å². The van der Waals surface area contributed by atoms with E-state index in [-0.39, 0.29) is 0 Å². The molecule has 25 heavy (non-hydrogen) atoms. The first kappa shape index (κ1) is 18.2. The van der Waals surface area contributed by atoms with E-state index in [0.717, 1.165) is 34.6 Å². The van der Waals surface area contributed by atoms with Crippen LogP contribution in [0.2, 0.25) is 0 Å². The van der Waals surface area contributed by atoms with Crippen LogP contribution in [0.1, 0.15) is 28.0 Å². The van der Waals surface area contributed by atoms with E-state index in [1.807, 2.05) is 39.8 Å². The maximum atomic E-state index is 13.2. The van der Waals surface area contributed by atoms with Crippen LogP contribution in [0, 0.1) is 27.7 Å². The van der Waals surface area contributed by atoms with Crippen LogP contribution in [-0.2, 0) is 16.6 Å². The fourth-order valence-corrected chi connectivity index (χ4v) is 5.45. The predicted octanol–water partition coefficient (Wildman–Crippen LogP) is 3.02. The lowest BCUT2D eigenvalue weighted by Gasteiger charge is -2.34. The Morgan fingerprint density at radius 2 is 1.60 bits per heavy atom. The molecule has 3 rings (SSSR count). The average Bonchev–Trinajstić information content (AvgIpc) is 3.06. The number of piperazine rings is 1. The highest BCUT2D eigenvalue weighted by Crippen LogP contribution is 2.29. The molecular formula is C19H26N2O3S. The minimum Gasteiger partial charge on any atom is -0.468 e. The molecule has 0 N–H and O–H groups in total. The molecule has 1 aromatic heterocycles. The maximum Gasteiger partial charge on any atom is 0.243 e. The van der Waals surface area contributed by atoms with Gasteiger partial charge in [-0.05, 0) is 62.1 Å². The van der Waals surface area contributed by atoms with Crippen LogP contribution in [0.25, 0.3) is 0 Å². The molecule has 1 aromatic carbocycles. The lowest BCUT2D eigenvalue weighted by atomic mass is 10.0. The second kappa shape index (κ2) is 6.94. The molecule has 5 nitrogen and oxygen atoms in total. The Hall–Kier alpha value is -1.63. The number of furan rings is 1. The Morgan fingerprint density at radius 3 is 2.12 bits per heavy atom. The molecule has 2 heterocycles. The van der Waals surface area contributed by atoms with E-state index >= 15 is 0 Å². The van der Waals surface area contributed by atoms with E-state index in [9.17, 15) is 8.42 Å². The molecule has 0 aliphatic carbocycles. The summed E-state index contributed by atoms with van der Waals surface area (Å²) in [5.74, 6) is 0.914. The van der Waals surface area contributed by atoms with Crippen LogP contribution in [0.5, 0.6) is 0 Å². The molecule has 6 heteroatoms. The van der Waals surface area contributed by atoms with Crippen molar-refractivity contribution in [2.24, 2.45) is 0 Å². The summed E-state index contributed by atoms with van der Waals surface area (Å²) in [5.41, 5.74) is 3.78. The van der Waals surface area contributed by atoms with E-state index < -0.39 is 10.0 Å². The van der Waals surface area contributed by atoms with Crippen molar-refractivity contribution in [3.05, 3.63) is 52.5 Å². The first-order valence-corrected chi connectivity index (χ1v) is 10.1. The van der Waals surface area contributed by atoms with Crippen LogP contribution in [0.4, 0.5) is 0 Å². The summed E-state index contributed by atoms with van der Waals surface area (Å²) in [7, 11) is -3.47. The van der Waals surface area contributed by atoms with Gasteiger partial charge in [-0.1, -0.05) is 6.07 Å². The van der Waals surface area contributed by atoms with Crippen LogP contribution in [0.15, 0.2) is 33.8 Å². The van der Waals surface area contributed by atoms with Gasteiger partial charge in [-0.15, -0.1) is 0 Å². The molecule has 0 radical (unpaired) electrons. The van der Waals surface area contributed by atoms with Gasteiger partial charge in [-0.25, -0.2) is 8.42 Å². The fourth-order valence-electron chi connectivity index (χ4n) is 3.45. The summed E-state index contributed by atoms with van der Waals surface area (Å²) >= 11 is 0. The molecule has 1 aliphatic rings. The predicted molar refractivity (Wildman–Crippen MR) is 98.1 cm³/mol. The third-order valence-electron chi connectivity index (χ3n) is 5.19. The number of aryl methyl sites for hydroxylation is 2. The zero-order valence-corrected chi connectivity index (χ0v) is 16.2. The van der Waals surface area contributed by atoms with Gasteiger partial charge in [0.15, 0.2) is 0 Å². The number of nitrogens with zero attached hydrogens (tertiary/aromatic N) is 2. The van der Waals surface area contributed by atoms with Crippen molar-refractivity contribution in [3.8, 4) is 0 Å². The summed E-state index contributed by atoms with van der Waals surface area (Å²) in [6.07, 6.45) is 1.67. The lowest BCUT2D eigenvalue weighted by molar-refractivity contribution is 0.171. The van der Waals surface area contributed by atoms with Crippen LogP contribution < -0.4 is 0 Å². The Kier molecular flexibility index (Phi) is 5.04. The topological polar surface area (TPSA) is 53.8 Å². The van der Waals surface area contributed by atoms with E-state index in [0.29, 0.717) is 31.1 Å². The van der Waals surface area contributed by atoms with Gasteiger partial charge in [0.1, 0.15) is 5.76 Å². The van der Waals surface area contributed by atoms with E-state index in [1.165, 1.54) is 0 Å². The number of hydrogen-bond donors (Lipinski definition) is 0. The van der Waals surface area contributed by atoms with E-state index in [1.54, 1.807) is 10.6 Å². The molecule has 0 spiro atoms. The Bertz CT molecular complexity index is 823. The molecule has 136 valence electrons. The molecule has 0 saturated carbocycles. The van der Waals surface area contributed by atoms with Crippen molar-refractivity contribution in [3.63, 3.8) is 0 Å². The molecule has 2 aromatic rings. The molecule has 0 unspecified atom stereocenters. The molecule has 1 saturated heterocycles. The first-order valence-electron chi connectivity index (χ1n) is 8.63. The third-order valence-corrected chi connectivity index (χ3v) is 7.36. The van der Waals surface area contributed by atoms with Crippen molar-refractivity contribution in [2.45, 2.75) is 39.1 Å². The van der Waals surface area contributed by atoms with Crippen molar-refractivity contribution >= 4 is 10.0 Å². The smallest absolute Gasteiger partial charge is 0.243 e. The summed E-state index contributed by atoms with van der Waals surface area (Å²) in [5, 5.41) is 0. The van der Waals surface area contributed by atoms with Gasteiger partial charge in [0, 0.05) is 26.2 Å². The van der Waals surface area contributed by atoms with Gasteiger partial charge < -0.3 is 4.42 Å². The summed E-state index contributed by atoms with van der Waals surface area (Å²) in [6, 6.07) is 5.89. The quantitative estimate of drug-likeness (QED) is 0.839. The molecule has 0 atom stereocenters. The Balaban J connectivity index is 1.79. The Labute approximate surface area is 150 Å². The monoisotopic (exact) mass is 362 g/mol. The number of rotatable bonds is 4. The number of benzene rings is 1. The van der Waals surface area contributed by atoms with Crippen LogP contribution in [-0.4, -0.2) is 43.8 Å². The highest BCUT2D eigenvalue weighted by Gasteiger charge is 2.31. The maximum absolute atomic E-state index is 13.2. The summed E-state index contributed by atoms with van der Waals surface area (Å²) in [6.45, 7) is 10.9. The van der Waals surface area contributed by atoms with Crippen LogP contribution >= 0.6 is 0 Å². The van der Waals surface area contributed by atoms with Gasteiger partial charge in [0.05, 0.1) is 17.7 Å². The minimum absolute atomic E-state index is 0.490. The largest absolute Gasteiger partial charge is 0.468 e. The van der Waals surface area contributed by atoms with Gasteiger partial charge in [0.25, 0.3) is 0 Å². The highest BCUT2D eigenvalue weighted by molar-refractivity contribution is 7.89. The van der Waals surface area contributed by atoms with Crippen molar-refractivity contribution in [1.82, 2.24) is 9.21 Å². The van der Waals surface area contributed by atoms with Crippen LogP contribution in [0.3, 0.4) is 0 Å². The molecule has 0 bridgehead atoms. The van der Waals surface area contributed by atoms with E-state index in [4.69, 9.17) is 4.42 Å². The minimum atomic E-state index is -3.47. The highest BCUT2D eigenvalue weighted by atomic mass is 32.2. The average molecular weight is 362 g/mol. The van der Waals surface area contributed by atoms with Gasteiger partial charge >= 0.3 is 0 Å². The molecule has 0 amide bonds. The van der Waals surface area contributed by atoms with Gasteiger partial charge in [-0.2, -0.15) is 4.31 Å². The van der Waals surface area contributed by atoms with Crippen molar-refractivity contribution in [2.75, 3.05) is 26.2 Å². The van der Waals surface area contributed by atoms with E-state index in [2.05, 4.69) is 11.0 Å². The number of sulfonamides is 1. The number of hydrogen-bond acceptors (Lipinski definition) is 4. The second-order valence-electron chi connectivity index (χ2n) is 6.85. The Morgan fingerprint density at radius 1 is 1.00 bits per heavy atom. The van der Waals surface area contributed by atoms with Gasteiger partial charge in [-0.3, -0.25) is 4.90 Å². The SMILES string of the molecule is Cc1cc(C)c(C)c(S(=O)(=O)N2CCN(Cc3ccco3)CC2)c1C. The first-order chi connectivity index (χ1) is 11.8. The zero-order chi connectivity index (χ0) is 18.2. The molecule has 1 aliphatic heterocycles. The third kappa shape index (κ3) is 3.52. The van der Waals surface area contributed by atoms with Gasteiger partial charge in [0.2, 0.25) is 10.0 Å². The normalized spacial score (nSPS) is 17.1. The standard InChI is InChI=1S/C19H26N2O3S/c1-14-12-15(2)17(4)19(16(14)3)25(22,23)21-9-7-20(8-10-21)13-18-6-5-11-24-18/h5-6,11-12H,7-10,13H2,1-4H3. The zero-order valence-electron chi connectivity index (χ0n) is 15.4. The summed E-state index contributed by atoms with van der Waals surface area (Å²) in [4.78, 5) is 2.72. The summed E-state index contributed by atoms with van der Waals surface area (Å²) < 4.78 is 33.5. The second-order valence-corrected chi connectivity index (χ2v) is 8.72. The fraction of sp³-hybridized carbons (Fsp3) is 0.474. The molecule has 1 fully saturated rings. The molecular weight excluding hydrogens is 336 g/mol. The van der Waals surface area contributed by atoms with Crippen molar-refractivity contribution in [1.29, 1.82) is 0 Å².